The molecule has 0 saturated carbocycles. The van der Waals surface area contributed by atoms with Gasteiger partial charge in [0.15, 0.2) is 0 Å². The fourth-order valence-corrected chi connectivity index (χ4v) is 2.10. The summed E-state index contributed by atoms with van der Waals surface area (Å²) in [5, 5.41) is 14.2. The number of rotatable bonds is 6. The van der Waals surface area contributed by atoms with Crippen LogP contribution in [0, 0.1) is 0 Å². The first-order valence-corrected chi connectivity index (χ1v) is 7.24. The van der Waals surface area contributed by atoms with Gasteiger partial charge in [-0.3, -0.25) is 4.98 Å². The normalized spacial score (nSPS) is 10.0. The molecule has 0 bridgehead atoms. The van der Waals surface area contributed by atoms with E-state index in [1.54, 1.807) is 24.4 Å². The predicted molar refractivity (Wildman–Crippen MR) is 88.1 cm³/mol. The van der Waals surface area contributed by atoms with Crippen LogP contribution in [0.3, 0.4) is 0 Å². The Morgan fingerprint density at radius 2 is 1.79 bits per heavy atom. The van der Waals surface area contributed by atoms with Crippen LogP contribution >= 0.6 is 0 Å². The van der Waals surface area contributed by atoms with Crippen LogP contribution < -0.4 is 4.74 Å². The Balaban J connectivity index is 0.00000208. The first-order valence-electron chi connectivity index (χ1n) is 7.24. The van der Waals surface area contributed by atoms with E-state index in [2.05, 4.69) is 15.3 Å². The third-order valence-electron chi connectivity index (χ3n) is 3.21. The van der Waals surface area contributed by atoms with Gasteiger partial charge in [-0.1, -0.05) is 24.3 Å². The number of hydrogen-bond donors (Lipinski definition) is 1. The Hall–Kier alpha value is -2.23. The largest absolute Gasteiger partial charge is 0.624 e. The molecule has 126 valence electrons. The van der Waals surface area contributed by atoms with Gasteiger partial charge in [0.05, 0.1) is 5.69 Å². The van der Waals surface area contributed by atoms with Crippen molar-refractivity contribution in [1.82, 2.24) is 9.97 Å². The average Bonchev–Trinajstić information content (AvgIpc) is 2.60. The smallest absolute Gasteiger partial charge is 0.212 e. The summed E-state index contributed by atoms with van der Waals surface area (Å²) < 4.78 is 5.54. The summed E-state index contributed by atoms with van der Waals surface area (Å²) in [5.41, 5.74) is 2.22. The van der Waals surface area contributed by atoms with Crippen LogP contribution in [-0.4, -0.2) is 21.8 Å². The van der Waals surface area contributed by atoms with Crippen molar-refractivity contribution >= 4 is 0 Å². The molecule has 0 atom stereocenters. The van der Waals surface area contributed by atoms with Crippen LogP contribution in [0.15, 0.2) is 66.9 Å². The summed E-state index contributed by atoms with van der Waals surface area (Å²) in [6.45, 7) is 0.702. The number of para-hydroxylation sites is 1. The number of phenolic OH excluding ortho intramolecular Hbond substituents is 1. The predicted octanol–water partition coefficient (Wildman–Crippen LogP) is 3.76. The molecule has 2 heterocycles. The molecule has 1 aromatic carbocycles. The number of benzene rings is 1. The average molecular weight is 501 g/mol. The van der Waals surface area contributed by atoms with E-state index in [0.717, 1.165) is 5.69 Å². The molecule has 0 amide bonds. The quantitative estimate of drug-likeness (QED) is 0.523. The molecule has 3 aromatic rings. The monoisotopic (exact) mass is 501 g/mol. The number of aromatic nitrogens is 2. The molecule has 0 unspecified atom stereocenters. The summed E-state index contributed by atoms with van der Waals surface area (Å²) in [6.07, 6.45) is 1.74. The van der Waals surface area contributed by atoms with Crippen molar-refractivity contribution in [1.29, 1.82) is 0 Å². The summed E-state index contributed by atoms with van der Waals surface area (Å²) >= 11 is 0. The second kappa shape index (κ2) is 9.16. The third-order valence-corrected chi connectivity index (χ3v) is 3.21. The zero-order valence-electron chi connectivity index (χ0n) is 12.8. The molecule has 0 aliphatic carbocycles. The molecule has 0 fully saturated rings. The van der Waals surface area contributed by atoms with E-state index >= 15 is 0 Å². The molecule has 3 rings (SSSR count). The second-order valence-corrected chi connectivity index (χ2v) is 4.85. The summed E-state index contributed by atoms with van der Waals surface area (Å²) in [4.78, 5) is 8.58. The van der Waals surface area contributed by atoms with Crippen molar-refractivity contribution in [2.75, 3.05) is 6.73 Å². The molecule has 0 radical (unpaired) electrons. The first kappa shape index (κ1) is 18.1. The maximum Gasteiger partial charge on any atom is 0.212 e. The minimum atomic E-state index is 0. The maximum atomic E-state index is 9.89. The van der Waals surface area contributed by atoms with Crippen molar-refractivity contribution in [3.8, 4) is 22.9 Å². The molecule has 0 spiro atoms. The van der Waals surface area contributed by atoms with E-state index in [9.17, 15) is 5.11 Å². The van der Waals surface area contributed by atoms with Gasteiger partial charge in [-0.05, 0) is 30.3 Å². The fourth-order valence-electron chi connectivity index (χ4n) is 2.10. The van der Waals surface area contributed by atoms with Crippen LogP contribution in [0.5, 0.6) is 11.6 Å². The summed E-state index contributed by atoms with van der Waals surface area (Å²) in [7, 11) is 0. The molecule has 0 saturated heterocycles. The van der Waals surface area contributed by atoms with Crippen molar-refractivity contribution in [3.05, 3.63) is 77.9 Å². The molecule has 0 aliphatic heterocycles. The molecule has 0 aliphatic rings. The van der Waals surface area contributed by atoms with Gasteiger partial charge in [0.1, 0.15) is 5.75 Å². The number of nitrogens with zero attached hydrogens (tertiary/aromatic N) is 3. The third kappa shape index (κ3) is 4.88. The Labute approximate surface area is 155 Å². The number of pyridine rings is 2. The van der Waals surface area contributed by atoms with Gasteiger partial charge in [0.25, 0.3) is 0 Å². The topological polar surface area (TPSA) is 69.3 Å². The maximum absolute atomic E-state index is 9.89. The van der Waals surface area contributed by atoms with Gasteiger partial charge in [-0.2, -0.15) is 0 Å². The molecule has 2 aromatic heterocycles. The molecule has 24 heavy (non-hydrogen) atoms. The van der Waals surface area contributed by atoms with Gasteiger partial charge in [0, 0.05) is 51.3 Å². The molecule has 1 N–H and O–H groups in total. The Kier molecular flexibility index (Phi) is 6.91. The van der Waals surface area contributed by atoms with E-state index in [1.165, 1.54) is 0 Å². The zero-order chi connectivity index (χ0) is 15.9. The van der Waals surface area contributed by atoms with Crippen LogP contribution in [0.25, 0.3) is 16.6 Å². The summed E-state index contributed by atoms with van der Waals surface area (Å²) in [6, 6.07) is 18.2. The molecule has 6 heteroatoms. The van der Waals surface area contributed by atoms with E-state index in [4.69, 9.17) is 4.74 Å². The van der Waals surface area contributed by atoms with Crippen molar-refractivity contribution in [3.63, 3.8) is 0 Å². The summed E-state index contributed by atoms with van der Waals surface area (Å²) in [5.74, 6) is 0.660. The SMILES string of the molecule is Oc1ccccc1-c1cccc(OC[N-]Cc2ccccn2)n1.[Pt]. The minimum absolute atomic E-state index is 0. The first-order chi connectivity index (χ1) is 11.3. The zero-order valence-corrected chi connectivity index (χ0v) is 15.1. The molecular weight excluding hydrogens is 485 g/mol. The molecule has 5 nitrogen and oxygen atoms in total. The van der Waals surface area contributed by atoms with Gasteiger partial charge in [-0.25, -0.2) is 4.98 Å². The Morgan fingerprint density at radius 3 is 2.58 bits per heavy atom. The van der Waals surface area contributed by atoms with Crippen molar-refractivity contribution in [2.45, 2.75) is 6.54 Å². The molecular formula is C18H16N3O2Pt-. The van der Waals surface area contributed by atoms with Gasteiger partial charge in [0.2, 0.25) is 5.88 Å². The van der Waals surface area contributed by atoms with Gasteiger partial charge in [-0.15, -0.1) is 6.54 Å². The Morgan fingerprint density at radius 1 is 0.958 bits per heavy atom. The van der Waals surface area contributed by atoms with Crippen LogP contribution in [0.4, 0.5) is 0 Å². The number of hydrogen-bond acceptors (Lipinski definition) is 4. The van der Waals surface area contributed by atoms with Gasteiger partial charge < -0.3 is 15.2 Å². The fraction of sp³-hybridized carbons (Fsp3) is 0.111. The van der Waals surface area contributed by atoms with E-state index in [0.29, 0.717) is 23.7 Å². The number of aromatic hydroxyl groups is 1. The number of ether oxygens (including phenoxy) is 1. The van der Waals surface area contributed by atoms with Crippen molar-refractivity contribution < 1.29 is 30.9 Å². The second-order valence-electron chi connectivity index (χ2n) is 4.85. The van der Waals surface area contributed by atoms with Gasteiger partial charge >= 0.3 is 0 Å². The van der Waals surface area contributed by atoms with Crippen molar-refractivity contribution in [2.24, 2.45) is 0 Å². The standard InChI is InChI=1S/C18H16N3O2.Pt/c22-17-9-2-1-7-15(17)16-8-5-10-18(21-16)23-13-19-12-14-6-3-4-11-20-14;/h1-11,22H,12-13H2;/q-1;. The van der Waals surface area contributed by atoms with Crippen LogP contribution in [0.1, 0.15) is 5.69 Å². The minimum Gasteiger partial charge on any atom is -0.624 e. The number of phenols is 1. The van der Waals surface area contributed by atoms with Crippen LogP contribution in [0.2, 0.25) is 0 Å². The van der Waals surface area contributed by atoms with Crippen LogP contribution in [-0.2, 0) is 27.6 Å². The van der Waals surface area contributed by atoms with E-state index in [-0.39, 0.29) is 33.5 Å². The van der Waals surface area contributed by atoms with E-state index < -0.39 is 0 Å². The Bertz CT molecular complexity index is 769. The van der Waals surface area contributed by atoms with E-state index in [1.807, 2.05) is 42.5 Å².